The van der Waals surface area contributed by atoms with Gasteiger partial charge < -0.3 is 0 Å². The molecule has 0 unspecified atom stereocenters. The van der Waals surface area contributed by atoms with Crippen molar-refractivity contribution in [3.8, 4) is 0 Å². The summed E-state index contributed by atoms with van der Waals surface area (Å²) < 4.78 is 39.5. The van der Waals surface area contributed by atoms with E-state index >= 15 is 0 Å². The Morgan fingerprint density at radius 2 is 0.733 bits per heavy atom. The fourth-order valence-electron chi connectivity index (χ4n) is 5.49. The van der Waals surface area contributed by atoms with Crippen LogP contribution in [0.15, 0.2) is 0 Å². The average Bonchev–Trinajstić information content (AvgIpc) is 4.03. The molecule has 8 rings (SSSR count). The lowest BCUT2D eigenvalue weighted by Crippen LogP contribution is -2.00. The first kappa shape index (κ1) is 49.9. The first-order valence-electron chi connectivity index (χ1n) is 19.4. The highest BCUT2D eigenvalue weighted by molar-refractivity contribution is 6.33. The topological polar surface area (TPSA) is 129 Å². The number of hydrogen-bond donors (Lipinski definition) is 0. The number of aromatic nitrogens is 10. The minimum absolute atomic E-state index is 0.112. The second-order valence-corrected chi connectivity index (χ2v) is 16.6. The van der Waals surface area contributed by atoms with Gasteiger partial charge in [-0.1, -0.05) is 50.4 Å². The minimum atomic E-state index is -0.350. The molecule has 0 spiro atoms. The Balaban J connectivity index is 0.000000166. The largest absolute Gasteiger partial charge is 0.223 e. The van der Waals surface area contributed by atoms with E-state index in [9.17, 15) is 13.2 Å². The van der Waals surface area contributed by atoms with Crippen molar-refractivity contribution in [2.24, 2.45) is 0 Å². The highest BCUT2D eigenvalue weighted by atomic mass is 35.5. The van der Waals surface area contributed by atoms with Gasteiger partial charge in [0.1, 0.15) is 0 Å². The minimum Gasteiger partial charge on any atom is -0.222 e. The van der Waals surface area contributed by atoms with Crippen LogP contribution in [-0.2, 0) is 19.3 Å². The van der Waals surface area contributed by atoms with Crippen LogP contribution >= 0.6 is 81.2 Å². The lowest BCUT2D eigenvalue weighted by atomic mass is 10.2. The molecule has 60 heavy (non-hydrogen) atoms. The summed E-state index contributed by atoms with van der Waals surface area (Å²) in [5.41, 5.74) is 5.76. The summed E-state index contributed by atoms with van der Waals surface area (Å²) in [6.07, 6.45) is 9.53. The molecule has 0 saturated heterocycles. The number of aryl methyl sites for hydroxylation is 7. The molecule has 0 amide bonds. The van der Waals surface area contributed by atoms with Crippen LogP contribution in [0, 0.1) is 45.1 Å². The van der Waals surface area contributed by atoms with Crippen molar-refractivity contribution in [3.05, 3.63) is 111 Å². The average molecular weight is 970 g/mol. The molecule has 5 heterocycles. The summed E-state index contributed by atoms with van der Waals surface area (Å²) in [6, 6.07) is 0. The standard InChI is InChI=1S/C9H10Cl2N2.C8H8Cl2N2.C8H8ClFN2.C8H10ClFN2.C7H8ClFN2/c1-2-6-7(10)8(5-3-4-5)13-9(11)12-6;1-4-6(9)7(5-2-3-5)12-8(10)11-4;1-4-6(10)7(5-2-3-5)12-8(9)11-4;1-3-4-6-7(10)5(2)11-8(9)12-6;1-3-5-6(9)4(2)10-7(8)11-5/h5H,2-4H2,1H3;2*5H,2-3H2,1H3;3-4H2,1-2H3;3H2,1-2H3. The van der Waals surface area contributed by atoms with Crippen molar-refractivity contribution >= 4 is 81.2 Å². The highest BCUT2D eigenvalue weighted by Gasteiger charge is 2.31. The molecule has 0 aromatic carbocycles. The van der Waals surface area contributed by atoms with Crippen molar-refractivity contribution in [1.82, 2.24) is 49.8 Å². The van der Waals surface area contributed by atoms with E-state index in [1.54, 1.807) is 20.8 Å². The van der Waals surface area contributed by atoms with Gasteiger partial charge in [-0.25, -0.2) is 63.0 Å². The maximum Gasteiger partial charge on any atom is 0.223 e. The summed E-state index contributed by atoms with van der Waals surface area (Å²) in [6.45, 7) is 12.4. The monoisotopic (exact) mass is 966 g/mol. The van der Waals surface area contributed by atoms with Gasteiger partial charge in [0.15, 0.2) is 17.5 Å². The molecule has 0 radical (unpaired) electrons. The molecular formula is C40H44Cl7F3N10. The van der Waals surface area contributed by atoms with Gasteiger partial charge in [-0.3, -0.25) is 0 Å². The lowest BCUT2D eigenvalue weighted by molar-refractivity contribution is 0.576. The van der Waals surface area contributed by atoms with Crippen LogP contribution in [0.3, 0.4) is 0 Å². The SMILES string of the molecule is CCCc1nc(Cl)nc(C)c1F.CCc1nc(Cl)nc(C)c1F.CCc1nc(Cl)nc(C2CC2)c1Cl.Cc1nc(Cl)nc(C2CC2)c1Cl.Cc1nc(Cl)nc(C2CC2)c1F. The smallest absolute Gasteiger partial charge is 0.222 e. The Labute approximate surface area is 383 Å². The molecule has 0 N–H and O–H groups in total. The van der Waals surface area contributed by atoms with E-state index in [0.29, 0.717) is 74.4 Å². The first-order valence-corrected chi connectivity index (χ1v) is 22.0. The third kappa shape index (κ3) is 14.7. The molecule has 0 aliphatic heterocycles. The first-order chi connectivity index (χ1) is 28.4. The second-order valence-electron chi connectivity index (χ2n) is 14.2. The zero-order valence-corrected chi connectivity index (χ0v) is 39.3. The Kier molecular flexibility index (Phi) is 19.2. The summed E-state index contributed by atoms with van der Waals surface area (Å²) in [7, 11) is 0. The summed E-state index contributed by atoms with van der Waals surface area (Å²) in [5, 5.41) is 2.41. The maximum atomic E-state index is 13.3. The highest BCUT2D eigenvalue weighted by Crippen LogP contribution is 2.44. The van der Waals surface area contributed by atoms with Crippen LogP contribution in [0.2, 0.25) is 36.5 Å². The van der Waals surface area contributed by atoms with E-state index in [-0.39, 0.29) is 39.2 Å². The number of hydrogen-bond acceptors (Lipinski definition) is 10. The molecule has 3 aliphatic carbocycles. The van der Waals surface area contributed by atoms with Crippen molar-refractivity contribution in [1.29, 1.82) is 0 Å². The lowest BCUT2D eigenvalue weighted by Gasteiger charge is -2.05. The fourth-order valence-corrected chi connectivity index (χ4v) is 7.19. The molecule has 0 atom stereocenters. The van der Waals surface area contributed by atoms with E-state index in [1.807, 2.05) is 27.7 Å². The van der Waals surface area contributed by atoms with E-state index in [1.165, 1.54) is 25.7 Å². The summed E-state index contributed by atoms with van der Waals surface area (Å²) in [5.74, 6) is 0.360. The van der Waals surface area contributed by atoms with Crippen molar-refractivity contribution in [2.45, 2.75) is 130 Å². The normalized spacial score (nSPS) is 14.1. The summed E-state index contributed by atoms with van der Waals surface area (Å²) in [4.78, 5) is 38.8. The Morgan fingerprint density at radius 3 is 1.18 bits per heavy atom. The van der Waals surface area contributed by atoms with Crippen LogP contribution in [0.25, 0.3) is 0 Å². The number of nitrogens with zero attached hydrogens (tertiary/aromatic N) is 10. The van der Waals surface area contributed by atoms with Crippen LogP contribution < -0.4 is 0 Å². The Bertz CT molecular complexity index is 2210. The molecule has 3 saturated carbocycles. The fraction of sp³-hybridized carbons (Fsp3) is 0.500. The zero-order chi connectivity index (χ0) is 44.4. The molecule has 3 fully saturated rings. The molecule has 0 bridgehead atoms. The van der Waals surface area contributed by atoms with E-state index < -0.39 is 0 Å². The van der Waals surface area contributed by atoms with Gasteiger partial charge in [0.25, 0.3) is 0 Å². The van der Waals surface area contributed by atoms with E-state index in [2.05, 4.69) is 49.8 Å². The molecule has 10 nitrogen and oxygen atoms in total. The molecular weight excluding hydrogens is 926 g/mol. The third-order valence-electron chi connectivity index (χ3n) is 9.11. The van der Waals surface area contributed by atoms with E-state index in [0.717, 1.165) is 53.5 Å². The van der Waals surface area contributed by atoms with E-state index in [4.69, 9.17) is 81.2 Å². The zero-order valence-electron chi connectivity index (χ0n) is 34.1. The number of rotatable bonds is 7. The quantitative estimate of drug-likeness (QED) is 0.145. The molecule has 5 aromatic heterocycles. The van der Waals surface area contributed by atoms with Crippen LogP contribution in [0.5, 0.6) is 0 Å². The molecule has 5 aromatic rings. The van der Waals surface area contributed by atoms with Crippen LogP contribution in [0.1, 0.15) is 140 Å². The van der Waals surface area contributed by atoms with Crippen LogP contribution in [0.4, 0.5) is 13.2 Å². The predicted octanol–water partition coefficient (Wildman–Crippen LogP) is 13.3. The second kappa shape index (κ2) is 23.1. The van der Waals surface area contributed by atoms with Gasteiger partial charge in [-0.2, -0.15) is 0 Å². The van der Waals surface area contributed by atoms with Gasteiger partial charge >= 0.3 is 0 Å². The van der Waals surface area contributed by atoms with Crippen molar-refractivity contribution < 1.29 is 13.2 Å². The predicted molar refractivity (Wildman–Crippen MR) is 233 cm³/mol. The van der Waals surface area contributed by atoms with Gasteiger partial charge in [-0.15, -0.1) is 0 Å². The van der Waals surface area contributed by atoms with Crippen molar-refractivity contribution in [3.63, 3.8) is 0 Å². The molecule has 324 valence electrons. The van der Waals surface area contributed by atoms with Crippen LogP contribution in [-0.4, -0.2) is 49.8 Å². The molecule has 3 aliphatic rings. The maximum absolute atomic E-state index is 13.3. The van der Waals surface area contributed by atoms with Gasteiger partial charge in [-0.05, 0) is 143 Å². The van der Waals surface area contributed by atoms with Crippen molar-refractivity contribution in [2.75, 3.05) is 0 Å². The summed E-state index contributed by atoms with van der Waals surface area (Å²) >= 11 is 40.3. The Hall–Kier alpha value is -2.78. The molecule has 20 heteroatoms. The van der Waals surface area contributed by atoms with Gasteiger partial charge in [0, 0.05) is 17.8 Å². The Morgan fingerprint density at radius 1 is 0.400 bits per heavy atom. The third-order valence-corrected chi connectivity index (χ3v) is 10.8. The number of halogens is 10. The van der Waals surface area contributed by atoms with Gasteiger partial charge in [0.2, 0.25) is 26.4 Å². The van der Waals surface area contributed by atoms with Gasteiger partial charge in [0.05, 0.1) is 67.0 Å².